The van der Waals surface area contributed by atoms with E-state index in [1.807, 2.05) is 29.6 Å². The van der Waals surface area contributed by atoms with Gasteiger partial charge in [0.25, 0.3) is 5.91 Å². The van der Waals surface area contributed by atoms with E-state index in [0.29, 0.717) is 18.2 Å². The van der Waals surface area contributed by atoms with Crippen LogP contribution >= 0.6 is 11.3 Å². The summed E-state index contributed by atoms with van der Waals surface area (Å²) in [5.74, 6) is 1.08. The first-order valence-corrected chi connectivity index (χ1v) is 9.20. The quantitative estimate of drug-likeness (QED) is 0.873. The van der Waals surface area contributed by atoms with E-state index < -0.39 is 0 Å². The maximum Gasteiger partial charge on any atom is 0.271 e. The van der Waals surface area contributed by atoms with Gasteiger partial charge in [-0.1, -0.05) is 12.8 Å². The number of thiazole rings is 1. The molecule has 3 rings (SSSR count). The van der Waals surface area contributed by atoms with E-state index in [9.17, 15) is 4.79 Å². The van der Waals surface area contributed by atoms with Gasteiger partial charge in [-0.25, -0.2) is 4.98 Å². The second kappa shape index (κ2) is 7.77. The molecule has 24 heavy (non-hydrogen) atoms. The second-order valence-corrected chi connectivity index (χ2v) is 6.98. The number of amides is 1. The Morgan fingerprint density at radius 3 is 2.79 bits per heavy atom. The summed E-state index contributed by atoms with van der Waals surface area (Å²) in [5.41, 5.74) is 7.30. The van der Waals surface area contributed by atoms with E-state index in [1.165, 1.54) is 17.8 Å². The zero-order valence-electron chi connectivity index (χ0n) is 13.8. The van der Waals surface area contributed by atoms with Gasteiger partial charge >= 0.3 is 0 Å². The zero-order valence-corrected chi connectivity index (χ0v) is 14.6. The Hall–Kier alpha value is -1.92. The Morgan fingerprint density at radius 1 is 1.33 bits per heavy atom. The molecule has 0 saturated heterocycles. The van der Waals surface area contributed by atoms with Crippen LogP contribution in [0.4, 0.5) is 0 Å². The Balaban J connectivity index is 1.68. The molecule has 1 aliphatic carbocycles. The Bertz CT molecular complexity index is 684. The van der Waals surface area contributed by atoms with Gasteiger partial charge in [0.05, 0.1) is 7.11 Å². The molecule has 0 radical (unpaired) electrons. The summed E-state index contributed by atoms with van der Waals surface area (Å²) in [7, 11) is 1.64. The molecule has 2 unspecified atom stereocenters. The van der Waals surface area contributed by atoms with E-state index in [1.54, 1.807) is 7.11 Å². The lowest BCUT2D eigenvalue weighted by Crippen LogP contribution is -2.44. The van der Waals surface area contributed by atoms with Crippen LogP contribution in [0.25, 0.3) is 10.6 Å². The molecular weight excluding hydrogens is 322 g/mol. The summed E-state index contributed by atoms with van der Waals surface area (Å²) in [5, 5.41) is 5.77. The highest BCUT2D eigenvalue weighted by atomic mass is 32.1. The fraction of sp³-hybridized carbons (Fsp3) is 0.444. The summed E-state index contributed by atoms with van der Waals surface area (Å²) in [6, 6.07) is 7.85. The Labute approximate surface area is 146 Å². The van der Waals surface area contributed by atoms with Crippen LogP contribution < -0.4 is 15.8 Å². The third kappa shape index (κ3) is 3.76. The molecule has 5 nitrogen and oxygen atoms in total. The number of rotatable bonds is 5. The summed E-state index contributed by atoms with van der Waals surface area (Å²) in [6.07, 6.45) is 4.45. The van der Waals surface area contributed by atoms with Gasteiger partial charge in [-0.3, -0.25) is 4.79 Å². The number of nitrogens with one attached hydrogen (secondary N) is 1. The van der Waals surface area contributed by atoms with E-state index in [4.69, 9.17) is 10.5 Å². The van der Waals surface area contributed by atoms with Crippen LogP contribution in [-0.4, -0.2) is 30.6 Å². The van der Waals surface area contributed by atoms with Crippen molar-refractivity contribution in [3.05, 3.63) is 35.3 Å². The normalized spacial score (nSPS) is 20.6. The van der Waals surface area contributed by atoms with Crippen molar-refractivity contribution in [3.63, 3.8) is 0 Å². The molecular formula is C18H23N3O2S. The molecule has 1 saturated carbocycles. The fourth-order valence-corrected chi connectivity index (χ4v) is 3.97. The highest BCUT2D eigenvalue weighted by Crippen LogP contribution is 2.27. The van der Waals surface area contributed by atoms with Crippen LogP contribution in [0.2, 0.25) is 0 Å². The average molecular weight is 345 g/mol. The third-order valence-electron chi connectivity index (χ3n) is 4.60. The predicted molar refractivity (Wildman–Crippen MR) is 96.4 cm³/mol. The van der Waals surface area contributed by atoms with E-state index >= 15 is 0 Å². The van der Waals surface area contributed by atoms with Gasteiger partial charge in [0.15, 0.2) is 0 Å². The lowest BCUT2D eigenvalue weighted by atomic mass is 9.84. The number of methoxy groups -OCH3 is 1. The maximum absolute atomic E-state index is 12.5. The molecule has 1 amide bonds. The topological polar surface area (TPSA) is 77.2 Å². The molecule has 2 atom stereocenters. The van der Waals surface area contributed by atoms with Crippen molar-refractivity contribution in [2.75, 3.05) is 13.7 Å². The second-order valence-electron chi connectivity index (χ2n) is 6.13. The van der Waals surface area contributed by atoms with Gasteiger partial charge in [0.2, 0.25) is 0 Å². The molecule has 2 aromatic rings. The monoisotopic (exact) mass is 345 g/mol. The number of carbonyl (C=O) groups is 1. The minimum Gasteiger partial charge on any atom is -0.497 e. The van der Waals surface area contributed by atoms with Crippen molar-refractivity contribution in [2.45, 2.75) is 31.7 Å². The maximum atomic E-state index is 12.5. The molecule has 1 aromatic heterocycles. The average Bonchev–Trinajstić information content (AvgIpc) is 3.12. The predicted octanol–water partition coefficient (Wildman–Crippen LogP) is 3.07. The van der Waals surface area contributed by atoms with Crippen molar-refractivity contribution in [1.29, 1.82) is 0 Å². The Morgan fingerprint density at radius 2 is 2.08 bits per heavy atom. The molecule has 128 valence electrons. The minimum atomic E-state index is -0.101. The molecule has 6 heteroatoms. The lowest BCUT2D eigenvalue weighted by molar-refractivity contribution is 0.0903. The number of nitrogens with two attached hydrogens (primary N) is 1. The fourth-order valence-electron chi connectivity index (χ4n) is 3.17. The van der Waals surface area contributed by atoms with Gasteiger partial charge < -0.3 is 15.8 Å². The first kappa shape index (κ1) is 16.9. The van der Waals surface area contributed by atoms with E-state index in [-0.39, 0.29) is 11.9 Å². The van der Waals surface area contributed by atoms with E-state index in [0.717, 1.165) is 35.6 Å². The summed E-state index contributed by atoms with van der Waals surface area (Å²) in [4.78, 5) is 17.0. The van der Waals surface area contributed by atoms with Gasteiger partial charge in [-0.2, -0.15) is 0 Å². The molecule has 1 heterocycles. The standard InChI is InChI=1S/C18H23N3O2S/c1-23-14-8-6-12(7-9-14)18-21-16(11-24-18)17(22)20-15-5-3-2-4-13(15)10-19/h6-9,11,13,15H,2-5,10,19H2,1H3,(H,20,22). The highest BCUT2D eigenvalue weighted by molar-refractivity contribution is 7.13. The largest absolute Gasteiger partial charge is 0.497 e. The van der Waals surface area contributed by atoms with Crippen molar-refractivity contribution >= 4 is 17.2 Å². The number of hydrogen-bond donors (Lipinski definition) is 2. The van der Waals surface area contributed by atoms with Crippen molar-refractivity contribution < 1.29 is 9.53 Å². The van der Waals surface area contributed by atoms with Crippen LogP contribution in [0.1, 0.15) is 36.2 Å². The Kier molecular flexibility index (Phi) is 5.48. The smallest absolute Gasteiger partial charge is 0.271 e. The van der Waals surface area contributed by atoms with Crippen molar-refractivity contribution in [1.82, 2.24) is 10.3 Å². The zero-order chi connectivity index (χ0) is 16.9. The number of hydrogen-bond acceptors (Lipinski definition) is 5. The number of carbonyl (C=O) groups excluding carboxylic acids is 1. The highest BCUT2D eigenvalue weighted by Gasteiger charge is 2.26. The van der Waals surface area contributed by atoms with Gasteiger partial charge in [-0.05, 0) is 49.6 Å². The van der Waals surface area contributed by atoms with E-state index in [2.05, 4.69) is 10.3 Å². The third-order valence-corrected chi connectivity index (χ3v) is 5.49. The summed E-state index contributed by atoms with van der Waals surface area (Å²) in [6.45, 7) is 0.624. The van der Waals surface area contributed by atoms with Crippen molar-refractivity contribution in [2.24, 2.45) is 11.7 Å². The van der Waals surface area contributed by atoms with Gasteiger partial charge in [0.1, 0.15) is 16.5 Å². The van der Waals surface area contributed by atoms with Crippen molar-refractivity contribution in [3.8, 4) is 16.3 Å². The van der Waals surface area contributed by atoms with Crippen LogP contribution in [0, 0.1) is 5.92 Å². The summed E-state index contributed by atoms with van der Waals surface area (Å²) < 4.78 is 5.16. The molecule has 3 N–H and O–H groups in total. The molecule has 1 fully saturated rings. The first-order chi connectivity index (χ1) is 11.7. The first-order valence-electron chi connectivity index (χ1n) is 8.32. The molecule has 0 aliphatic heterocycles. The summed E-state index contributed by atoms with van der Waals surface area (Å²) >= 11 is 1.48. The molecule has 0 bridgehead atoms. The minimum absolute atomic E-state index is 0.101. The number of aromatic nitrogens is 1. The van der Waals surface area contributed by atoms with Gasteiger partial charge in [-0.15, -0.1) is 11.3 Å². The molecule has 1 aromatic carbocycles. The SMILES string of the molecule is COc1ccc(-c2nc(C(=O)NC3CCCCC3CN)cs2)cc1. The number of benzene rings is 1. The molecule has 0 spiro atoms. The van der Waals surface area contributed by atoms with Crippen LogP contribution in [0.5, 0.6) is 5.75 Å². The van der Waals surface area contributed by atoms with Crippen LogP contribution in [0.15, 0.2) is 29.6 Å². The number of nitrogens with zero attached hydrogens (tertiary/aromatic N) is 1. The molecule has 1 aliphatic rings. The van der Waals surface area contributed by atoms with Crippen LogP contribution in [-0.2, 0) is 0 Å². The van der Waals surface area contributed by atoms with Crippen LogP contribution in [0.3, 0.4) is 0 Å². The van der Waals surface area contributed by atoms with Gasteiger partial charge in [0, 0.05) is 17.0 Å². The number of ether oxygens (including phenoxy) is 1. The lowest BCUT2D eigenvalue weighted by Gasteiger charge is -2.31.